The number of guanidine groups is 1. The molecule has 0 radical (unpaired) electrons. The molecule has 1 heterocycles. The summed E-state index contributed by atoms with van der Waals surface area (Å²) >= 11 is 3.41. The Hall–Kier alpha value is -1.53. The van der Waals surface area contributed by atoms with Crippen molar-refractivity contribution in [2.75, 3.05) is 19.3 Å². The van der Waals surface area contributed by atoms with E-state index in [0.29, 0.717) is 0 Å². The van der Waals surface area contributed by atoms with E-state index in [9.17, 15) is 4.39 Å². The van der Waals surface area contributed by atoms with E-state index < -0.39 is 0 Å². The average molecular weight is 323 g/mol. The van der Waals surface area contributed by atoms with Gasteiger partial charge < -0.3 is 10.6 Å². The molecule has 6 heteroatoms. The van der Waals surface area contributed by atoms with Gasteiger partial charge in [-0.3, -0.25) is 4.99 Å². The largest absolute Gasteiger partial charge is 0.356 e. The SMILES string of the molecule is CN=C(NCCSc1ccc(F)cc1)NCc1cccs1. The van der Waals surface area contributed by atoms with Crippen LogP contribution in [0.4, 0.5) is 4.39 Å². The van der Waals surface area contributed by atoms with Crippen LogP contribution >= 0.6 is 23.1 Å². The maximum atomic E-state index is 12.8. The zero-order valence-corrected chi connectivity index (χ0v) is 13.4. The summed E-state index contributed by atoms with van der Waals surface area (Å²) in [4.78, 5) is 6.53. The van der Waals surface area contributed by atoms with Crippen LogP contribution in [0.25, 0.3) is 0 Å². The van der Waals surface area contributed by atoms with Crippen molar-refractivity contribution >= 4 is 29.1 Å². The molecule has 0 aliphatic heterocycles. The van der Waals surface area contributed by atoms with Gasteiger partial charge >= 0.3 is 0 Å². The van der Waals surface area contributed by atoms with Crippen molar-refractivity contribution in [3.8, 4) is 0 Å². The van der Waals surface area contributed by atoms with Crippen molar-refractivity contribution in [1.82, 2.24) is 10.6 Å². The fourth-order valence-electron chi connectivity index (χ4n) is 1.67. The standard InChI is InChI=1S/C15H18FN3S2/c1-17-15(19-11-14-3-2-9-20-14)18-8-10-21-13-6-4-12(16)5-7-13/h2-7,9H,8,10-11H2,1H3,(H2,17,18,19). The van der Waals surface area contributed by atoms with E-state index >= 15 is 0 Å². The molecule has 0 aliphatic carbocycles. The number of aliphatic imine (C=N–C) groups is 1. The van der Waals surface area contributed by atoms with Gasteiger partial charge in [-0.05, 0) is 35.7 Å². The molecule has 3 nitrogen and oxygen atoms in total. The topological polar surface area (TPSA) is 36.4 Å². The number of nitrogens with one attached hydrogen (secondary N) is 2. The number of rotatable bonds is 6. The molecular formula is C15H18FN3S2. The van der Waals surface area contributed by atoms with Crippen LogP contribution in [0, 0.1) is 5.82 Å². The molecule has 0 unspecified atom stereocenters. The predicted octanol–water partition coefficient (Wildman–Crippen LogP) is 3.34. The summed E-state index contributed by atoms with van der Waals surface area (Å²) in [6, 6.07) is 10.7. The Morgan fingerprint density at radius 2 is 2.05 bits per heavy atom. The maximum absolute atomic E-state index is 12.8. The van der Waals surface area contributed by atoms with Crippen molar-refractivity contribution in [2.24, 2.45) is 4.99 Å². The van der Waals surface area contributed by atoms with Crippen molar-refractivity contribution in [1.29, 1.82) is 0 Å². The molecule has 0 saturated heterocycles. The highest BCUT2D eigenvalue weighted by molar-refractivity contribution is 7.99. The Morgan fingerprint density at radius 3 is 2.71 bits per heavy atom. The molecule has 0 bridgehead atoms. The summed E-state index contributed by atoms with van der Waals surface area (Å²) in [5.41, 5.74) is 0. The van der Waals surface area contributed by atoms with Crippen LogP contribution in [0.1, 0.15) is 4.88 Å². The van der Waals surface area contributed by atoms with Crippen molar-refractivity contribution in [2.45, 2.75) is 11.4 Å². The normalized spacial score (nSPS) is 11.4. The molecule has 0 saturated carbocycles. The van der Waals surface area contributed by atoms with Crippen LogP contribution < -0.4 is 10.6 Å². The third-order valence-electron chi connectivity index (χ3n) is 2.71. The number of benzene rings is 1. The van der Waals surface area contributed by atoms with E-state index in [1.807, 2.05) is 6.07 Å². The van der Waals surface area contributed by atoms with Gasteiger partial charge in [-0.25, -0.2) is 4.39 Å². The second-order valence-corrected chi connectivity index (χ2v) is 6.43. The van der Waals surface area contributed by atoms with Gasteiger partial charge in [0.05, 0.1) is 6.54 Å². The minimum absolute atomic E-state index is 0.198. The van der Waals surface area contributed by atoms with Crippen LogP contribution in [0.2, 0.25) is 0 Å². The first-order chi connectivity index (χ1) is 10.3. The molecule has 1 aromatic heterocycles. The lowest BCUT2D eigenvalue weighted by atomic mass is 10.4. The van der Waals surface area contributed by atoms with Crippen LogP contribution in [-0.4, -0.2) is 25.3 Å². The lowest BCUT2D eigenvalue weighted by Crippen LogP contribution is -2.37. The van der Waals surface area contributed by atoms with Crippen molar-refractivity contribution < 1.29 is 4.39 Å². The molecular weight excluding hydrogens is 305 g/mol. The molecule has 1 aromatic carbocycles. The first-order valence-corrected chi connectivity index (χ1v) is 8.50. The average Bonchev–Trinajstić information content (AvgIpc) is 3.02. The van der Waals surface area contributed by atoms with E-state index in [1.165, 1.54) is 17.0 Å². The summed E-state index contributed by atoms with van der Waals surface area (Å²) in [6.07, 6.45) is 0. The molecule has 0 amide bonds. The lowest BCUT2D eigenvalue weighted by Gasteiger charge is -2.11. The molecule has 0 atom stereocenters. The van der Waals surface area contributed by atoms with Crippen LogP contribution in [-0.2, 0) is 6.54 Å². The number of halogens is 1. The summed E-state index contributed by atoms with van der Waals surface area (Å²) in [5.74, 6) is 1.49. The zero-order valence-electron chi connectivity index (χ0n) is 11.8. The second kappa shape index (κ2) is 8.69. The van der Waals surface area contributed by atoms with E-state index in [-0.39, 0.29) is 5.82 Å². The number of thiophene rings is 1. The summed E-state index contributed by atoms with van der Waals surface area (Å²) in [5, 5.41) is 8.59. The lowest BCUT2D eigenvalue weighted by molar-refractivity contribution is 0.626. The molecule has 2 rings (SSSR count). The zero-order chi connectivity index (χ0) is 14.9. The summed E-state index contributed by atoms with van der Waals surface area (Å²) in [6.45, 7) is 1.58. The van der Waals surface area contributed by atoms with Gasteiger partial charge in [0, 0.05) is 29.1 Å². The predicted molar refractivity (Wildman–Crippen MR) is 89.6 cm³/mol. The highest BCUT2D eigenvalue weighted by Gasteiger charge is 1.99. The Morgan fingerprint density at radius 1 is 1.24 bits per heavy atom. The second-order valence-electron chi connectivity index (χ2n) is 4.23. The number of thioether (sulfide) groups is 1. The number of nitrogens with zero attached hydrogens (tertiary/aromatic N) is 1. The van der Waals surface area contributed by atoms with Crippen molar-refractivity contribution in [3.05, 3.63) is 52.5 Å². The highest BCUT2D eigenvalue weighted by Crippen LogP contribution is 2.17. The Labute approximate surface area is 132 Å². The molecule has 112 valence electrons. The minimum atomic E-state index is -0.198. The van der Waals surface area contributed by atoms with E-state index in [1.54, 1.807) is 42.3 Å². The molecule has 0 spiro atoms. The van der Waals surface area contributed by atoms with Gasteiger partial charge in [0.1, 0.15) is 5.82 Å². The molecule has 0 fully saturated rings. The summed E-state index contributed by atoms with van der Waals surface area (Å²) < 4.78 is 12.8. The fraction of sp³-hybridized carbons (Fsp3) is 0.267. The highest BCUT2D eigenvalue weighted by atomic mass is 32.2. The molecule has 2 N–H and O–H groups in total. The third-order valence-corrected chi connectivity index (χ3v) is 4.60. The molecule has 2 aromatic rings. The van der Waals surface area contributed by atoms with Crippen LogP contribution in [0.15, 0.2) is 51.7 Å². The Balaban J connectivity index is 1.65. The van der Waals surface area contributed by atoms with E-state index in [2.05, 4.69) is 27.1 Å². The first-order valence-electron chi connectivity index (χ1n) is 6.63. The number of hydrogen-bond donors (Lipinski definition) is 2. The Kier molecular flexibility index (Phi) is 6.56. The van der Waals surface area contributed by atoms with Gasteiger partial charge in [-0.2, -0.15) is 0 Å². The van der Waals surface area contributed by atoms with Crippen molar-refractivity contribution in [3.63, 3.8) is 0 Å². The maximum Gasteiger partial charge on any atom is 0.191 e. The monoisotopic (exact) mass is 323 g/mol. The van der Waals surface area contributed by atoms with Gasteiger partial charge in [-0.1, -0.05) is 6.07 Å². The fourth-order valence-corrected chi connectivity index (χ4v) is 3.09. The minimum Gasteiger partial charge on any atom is -0.356 e. The van der Waals surface area contributed by atoms with Gasteiger partial charge in [0.2, 0.25) is 0 Å². The molecule has 21 heavy (non-hydrogen) atoms. The molecule has 0 aliphatic rings. The first kappa shape index (κ1) is 15.9. The van der Waals surface area contributed by atoms with Crippen LogP contribution in [0.5, 0.6) is 0 Å². The van der Waals surface area contributed by atoms with E-state index in [0.717, 1.165) is 29.7 Å². The quantitative estimate of drug-likeness (QED) is 0.370. The van der Waals surface area contributed by atoms with Gasteiger partial charge in [0.15, 0.2) is 5.96 Å². The Bertz CT molecular complexity index is 553. The van der Waals surface area contributed by atoms with Crippen LogP contribution in [0.3, 0.4) is 0 Å². The van der Waals surface area contributed by atoms with Gasteiger partial charge in [-0.15, -0.1) is 23.1 Å². The van der Waals surface area contributed by atoms with Gasteiger partial charge in [0.25, 0.3) is 0 Å². The number of hydrogen-bond acceptors (Lipinski definition) is 3. The smallest absolute Gasteiger partial charge is 0.191 e. The summed E-state index contributed by atoms with van der Waals surface area (Å²) in [7, 11) is 1.76. The third kappa shape index (κ3) is 5.77. The van der Waals surface area contributed by atoms with E-state index in [4.69, 9.17) is 0 Å².